The molecule has 1 heterocycles. The maximum absolute atomic E-state index is 12.4. The molecule has 0 saturated heterocycles. The Morgan fingerprint density at radius 3 is 2.52 bits per heavy atom. The van der Waals surface area contributed by atoms with Crippen molar-refractivity contribution < 1.29 is 18.8 Å². The van der Waals surface area contributed by atoms with Crippen LogP contribution in [0.1, 0.15) is 19.2 Å². The molecule has 1 aromatic heterocycles. The normalized spacial score (nSPS) is 11.6. The molecule has 0 aliphatic carbocycles. The molecule has 0 fully saturated rings. The van der Waals surface area contributed by atoms with Crippen LogP contribution in [0, 0.1) is 0 Å². The van der Waals surface area contributed by atoms with E-state index in [4.69, 9.17) is 14.0 Å². The average Bonchev–Trinajstić information content (AvgIpc) is 3.20. The zero-order valence-corrected chi connectivity index (χ0v) is 15.2. The van der Waals surface area contributed by atoms with Crippen LogP contribution in [0.4, 0.5) is 0 Å². The Balaban J connectivity index is 1.57. The third-order valence-corrected chi connectivity index (χ3v) is 3.91. The Kier molecular flexibility index (Phi) is 6.04. The summed E-state index contributed by atoms with van der Waals surface area (Å²) in [6, 6.07) is 16.6. The Bertz CT molecular complexity index is 862. The minimum Gasteiger partial charge on any atom is -0.497 e. The van der Waals surface area contributed by atoms with Gasteiger partial charge in [0.2, 0.25) is 11.7 Å². The van der Waals surface area contributed by atoms with Crippen molar-refractivity contribution in [3.05, 3.63) is 60.5 Å². The van der Waals surface area contributed by atoms with Crippen molar-refractivity contribution in [3.63, 3.8) is 0 Å². The van der Waals surface area contributed by atoms with E-state index >= 15 is 0 Å². The second kappa shape index (κ2) is 8.84. The molecule has 1 N–H and O–H groups in total. The molecule has 0 aliphatic rings. The monoisotopic (exact) mass is 367 g/mol. The van der Waals surface area contributed by atoms with Crippen molar-refractivity contribution in [1.82, 2.24) is 15.5 Å². The molecular formula is C20H21N3O4. The highest BCUT2D eigenvalue weighted by Gasteiger charge is 2.19. The number of aromatic nitrogens is 2. The fourth-order valence-corrected chi connectivity index (χ4v) is 2.45. The van der Waals surface area contributed by atoms with Crippen LogP contribution < -0.4 is 14.8 Å². The van der Waals surface area contributed by atoms with Crippen molar-refractivity contribution in [1.29, 1.82) is 0 Å². The van der Waals surface area contributed by atoms with E-state index in [0.717, 1.165) is 11.3 Å². The van der Waals surface area contributed by atoms with Gasteiger partial charge in [-0.3, -0.25) is 4.79 Å². The fraction of sp³-hybridized carbons (Fsp3) is 0.250. The van der Waals surface area contributed by atoms with E-state index in [-0.39, 0.29) is 12.5 Å². The molecule has 0 aliphatic heterocycles. The number of benzene rings is 2. The summed E-state index contributed by atoms with van der Waals surface area (Å²) in [6.45, 7) is 2.03. The average molecular weight is 367 g/mol. The molecule has 0 unspecified atom stereocenters. The Labute approximate surface area is 157 Å². The van der Waals surface area contributed by atoms with Gasteiger partial charge in [0.05, 0.1) is 13.7 Å². The number of hydrogen-bond acceptors (Lipinski definition) is 6. The summed E-state index contributed by atoms with van der Waals surface area (Å²) in [7, 11) is 1.61. The Morgan fingerprint density at radius 2 is 1.85 bits per heavy atom. The topological polar surface area (TPSA) is 86.5 Å². The van der Waals surface area contributed by atoms with Crippen LogP contribution in [0.3, 0.4) is 0 Å². The maximum Gasteiger partial charge on any atom is 0.261 e. The first-order valence-electron chi connectivity index (χ1n) is 8.66. The quantitative estimate of drug-likeness (QED) is 0.658. The number of carbonyl (C=O) groups is 1. The largest absolute Gasteiger partial charge is 0.497 e. The van der Waals surface area contributed by atoms with Crippen LogP contribution >= 0.6 is 0 Å². The van der Waals surface area contributed by atoms with Crippen molar-refractivity contribution in [2.24, 2.45) is 0 Å². The zero-order valence-electron chi connectivity index (χ0n) is 15.2. The Hall–Kier alpha value is -3.35. The number of nitrogens with zero attached hydrogens (tertiary/aromatic N) is 2. The fourth-order valence-electron chi connectivity index (χ4n) is 2.45. The lowest BCUT2D eigenvalue weighted by molar-refractivity contribution is -0.128. The summed E-state index contributed by atoms with van der Waals surface area (Å²) in [5, 5.41) is 6.72. The molecule has 3 rings (SSSR count). The first-order valence-corrected chi connectivity index (χ1v) is 8.66. The van der Waals surface area contributed by atoms with Crippen molar-refractivity contribution in [2.45, 2.75) is 26.0 Å². The number of rotatable bonds is 8. The zero-order chi connectivity index (χ0) is 19.1. The van der Waals surface area contributed by atoms with Gasteiger partial charge >= 0.3 is 0 Å². The van der Waals surface area contributed by atoms with Crippen LogP contribution in [0.25, 0.3) is 11.4 Å². The summed E-state index contributed by atoms with van der Waals surface area (Å²) in [5.41, 5.74) is 0.802. The van der Waals surface area contributed by atoms with E-state index < -0.39 is 6.10 Å². The third kappa shape index (κ3) is 4.84. The number of ether oxygens (including phenoxy) is 2. The molecule has 7 heteroatoms. The van der Waals surface area contributed by atoms with Crippen LogP contribution in [0.5, 0.6) is 11.5 Å². The van der Waals surface area contributed by atoms with Crippen LogP contribution in [0.2, 0.25) is 0 Å². The molecule has 3 aromatic rings. The molecule has 1 amide bonds. The predicted octanol–water partition coefficient (Wildman–Crippen LogP) is 3.22. The van der Waals surface area contributed by atoms with Crippen LogP contribution in [-0.2, 0) is 11.3 Å². The van der Waals surface area contributed by atoms with Gasteiger partial charge < -0.3 is 19.3 Å². The van der Waals surface area contributed by atoms with Gasteiger partial charge in [-0.05, 0) is 42.8 Å². The summed E-state index contributed by atoms with van der Waals surface area (Å²) in [6.07, 6.45) is -0.0434. The molecule has 1 atom stereocenters. The number of para-hydroxylation sites is 1. The second-order valence-electron chi connectivity index (χ2n) is 5.79. The molecule has 0 bridgehead atoms. The first-order chi connectivity index (χ1) is 13.2. The molecule has 0 radical (unpaired) electrons. The molecular weight excluding hydrogens is 346 g/mol. The number of carbonyl (C=O) groups excluding carboxylic acids is 1. The minimum atomic E-state index is -0.587. The summed E-state index contributed by atoms with van der Waals surface area (Å²) < 4.78 is 16.1. The smallest absolute Gasteiger partial charge is 0.261 e. The third-order valence-electron chi connectivity index (χ3n) is 3.91. The molecule has 2 aromatic carbocycles. The standard InChI is InChI=1S/C20H21N3O4/c1-3-17(26-16-7-5-4-6-8-16)20(24)21-13-18-22-19(23-27-18)14-9-11-15(25-2)12-10-14/h4-12,17H,3,13H2,1-2H3,(H,21,24)/t17-/m0/s1. The van der Waals surface area contributed by atoms with Gasteiger partial charge in [-0.2, -0.15) is 4.98 Å². The van der Waals surface area contributed by atoms with Gasteiger partial charge in [-0.15, -0.1) is 0 Å². The molecule has 0 saturated carbocycles. The highest BCUT2D eigenvalue weighted by atomic mass is 16.5. The summed E-state index contributed by atoms with van der Waals surface area (Å²) in [4.78, 5) is 16.7. The first kappa shape index (κ1) is 18.4. The lowest BCUT2D eigenvalue weighted by Gasteiger charge is -2.16. The van der Waals surface area contributed by atoms with Gasteiger partial charge in [0.15, 0.2) is 6.10 Å². The van der Waals surface area contributed by atoms with Gasteiger partial charge in [0.25, 0.3) is 5.91 Å². The second-order valence-corrected chi connectivity index (χ2v) is 5.79. The van der Waals surface area contributed by atoms with Gasteiger partial charge in [0, 0.05) is 5.56 Å². The van der Waals surface area contributed by atoms with E-state index in [0.29, 0.717) is 23.9 Å². The number of nitrogens with one attached hydrogen (secondary N) is 1. The van der Waals surface area contributed by atoms with E-state index in [2.05, 4.69) is 15.5 Å². The maximum atomic E-state index is 12.4. The van der Waals surface area contributed by atoms with E-state index in [9.17, 15) is 4.79 Å². The number of methoxy groups -OCH3 is 1. The number of hydrogen-bond donors (Lipinski definition) is 1. The van der Waals surface area contributed by atoms with Gasteiger partial charge in [0.1, 0.15) is 11.5 Å². The van der Waals surface area contributed by atoms with Crippen molar-refractivity contribution >= 4 is 5.91 Å². The lowest BCUT2D eigenvalue weighted by atomic mass is 10.2. The van der Waals surface area contributed by atoms with E-state index in [1.807, 2.05) is 61.5 Å². The molecule has 140 valence electrons. The van der Waals surface area contributed by atoms with Crippen molar-refractivity contribution in [2.75, 3.05) is 7.11 Å². The van der Waals surface area contributed by atoms with Crippen molar-refractivity contribution in [3.8, 4) is 22.9 Å². The number of amides is 1. The van der Waals surface area contributed by atoms with Crippen LogP contribution in [0.15, 0.2) is 59.1 Å². The highest BCUT2D eigenvalue weighted by molar-refractivity contribution is 5.80. The minimum absolute atomic E-state index is 0.136. The predicted molar refractivity (Wildman–Crippen MR) is 99.3 cm³/mol. The Morgan fingerprint density at radius 1 is 1.11 bits per heavy atom. The van der Waals surface area contributed by atoms with E-state index in [1.54, 1.807) is 7.11 Å². The van der Waals surface area contributed by atoms with Gasteiger partial charge in [-0.1, -0.05) is 30.3 Å². The lowest BCUT2D eigenvalue weighted by Crippen LogP contribution is -2.37. The SMILES string of the molecule is CC[C@H](Oc1ccccc1)C(=O)NCc1nc(-c2ccc(OC)cc2)no1. The summed E-state index contributed by atoms with van der Waals surface area (Å²) >= 11 is 0. The summed E-state index contributed by atoms with van der Waals surface area (Å²) in [5.74, 6) is 1.95. The highest BCUT2D eigenvalue weighted by Crippen LogP contribution is 2.19. The van der Waals surface area contributed by atoms with Crippen LogP contribution in [-0.4, -0.2) is 29.3 Å². The van der Waals surface area contributed by atoms with E-state index in [1.165, 1.54) is 0 Å². The molecule has 0 spiro atoms. The van der Waals surface area contributed by atoms with Gasteiger partial charge in [-0.25, -0.2) is 0 Å². The molecule has 7 nitrogen and oxygen atoms in total. The molecule has 27 heavy (non-hydrogen) atoms.